The molecule has 0 saturated heterocycles. The number of rotatable bonds is 6. The first-order chi connectivity index (χ1) is 13.7. The number of hydrogen-bond donors (Lipinski definition) is 2. The fourth-order valence-corrected chi connectivity index (χ4v) is 5.21. The van der Waals surface area contributed by atoms with E-state index in [9.17, 15) is 19.7 Å². The summed E-state index contributed by atoms with van der Waals surface area (Å²) in [7, 11) is 0. The minimum Gasteiger partial charge on any atom is -0.365 e. The van der Waals surface area contributed by atoms with Crippen molar-refractivity contribution < 1.29 is 14.5 Å². The van der Waals surface area contributed by atoms with Gasteiger partial charge in [0.2, 0.25) is 0 Å². The molecular formula is C21H25N3O4S. The monoisotopic (exact) mass is 415 g/mol. The molecule has 8 heteroatoms. The number of nitro benzene ring substituents is 1. The molecule has 7 nitrogen and oxygen atoms in total. The molecule has 0 aliphatic heterocycles. The van der Waals surface area contributed by atoms with Crippen LogP contribution in [0.5, 0.6) is 0 Å². The van der Waals surface area contributed by atoms with Crippen molar-refractivity contribution in [1.29, 1.82) is 0 Å². The highest BCUT2D eigenvalue weighted by Gasteiger charge is 2.35. The standard InChI is InChI=1S/C21H25N3O4S/c1-4-21(2,3)12-9-10-14-16(11-12)29-20(17(14)18(22)25)23-19(26)13-7-5-6-8-15(13)24(27)28/h5-8,12H,4,9-11H2,1-3H3,(H2,22,25)(H,23,26)/t12-/m0/s1. The summed E-state index contributed by atoms with van der Waals surface area (Å²) in [6, 6.07) is 5.74. The Morgan fingerprint density at radius 3 is 2.66 bits per heavy atom. The van der Waals surface area contributed by atoms with Crippen molar-refractivity contribution in [3.8, 4) is 0 Å². The highest BCUT2D eigenvalue weighted by molar-refractivity contribution is 7.17. The molecule has 0 radical (unpaired) electrons. The van der Waals surface area contributed by atoms with Crippen LogP contribution >= 0.6 is 11.3 Å². The van der Waals surface area contributed by atoms with E-state index in [4.69, 9.17) is 5.73 Å². The summed E-state index contributed by atoms with van der Waals surface area (Å²) >= 11 is 1.36. The minimum absolute atomic E-state index is 0.0516. The fourth-order valence-electron chi connectivity index (χ4n) is 3.89. The van der Waals surface area contributed by atoms with Crippen LogP contribution in [-0.4, -0.2) is 16.7 Å². The van der Waals surface area contributed by atoms with E-state index < -0.39 is 16.7 Å². The summed E-state index contributed by atoms with van der Waals surface area (Å²) in [5.41, 5.74) is 6.72. The molecule has 1 atom stereocenters. The molecule has 3 rings (SSSR count). The molecule has 154 valence electrons. The number of thiophene rings is 1. The number of benzene rings is 1. The molecule has 1 heterocycles. The van der Waals surface area contributed by atoms with Gasteiger partial charge in [-0.15, -0.1) is 11.3 Å². The molecule has 0 fully saturated rings. The second-order valence-electron chi connectivity index (χ2n) is 8.08. The lowest BCUT2D eigenvalue weighted by atomic mass is 9.69. The lowest BCUT2D eigenvalue weighted by Crippen LogP contribution is -2.29. The van der Waals surface area contributed by atoms with E-state index in [1.807, 2.05) is 0 Å². The van der Waals surface area contributed by atoms with Gasteiger partial charge >= 0.3 is 0 Å². The molecule has 2 aromatic rings. The van der Waals surface area contributed by atoms with Crippen LogP contribution in [-0.2, 0) is 12.8 Å². The molecule has 1 aliphatic rings. The summed E-state index contributed by atoms with van der Waals surface area (Å²) in [6.07, 6.45) is 3.59. The van der Waals surface area contributed by atoms with Gasteiger partial charge in [-0.25, -0.2) is 0 Å². The number of carbonyl (C=O) groups excluding carboxylic acids is 2. The Morgan fingerprint density at radius 2 is 2.03 bits per heavy atom. The van der Waals surface area contributed by atoms with Crippen molar-refractivity contribution in [1.82, 2.24) is 0 Å². The first-order valence-corrected chi connectivity index (χ1v) is 10.5. The number of hydrogen-bond acceptors (Lipinski definition) is 5. The largest absolute Gasteiger partial charge is 0.365 e. The summed E-state index contributed by atoms with van der Waals surface area (Å²) < 4.78 is 0. The Labute approximate surface area is 173 Å². The van der Waals surface area contributed by atoms with E-state index in [-0.39, 0.29) is 16.7 Å². The van der Waals surface area contributed by atoms with Gasteiger partial charge in [-0.2, -0.15) is 0 Å². The smallest absolute Gasteiger partial charge is 0.282 e. The molecule has 1 aromatic heterocycles. The van der Waals surface area contributed by atoms with Gasteiger partial charge in [-0.05, 0) is 42.2 Å². The molecule has 29 heavy (non-hydrogen) atoms. The second-order valence-corrected chi connectivity index (χ2v) is 9.19. The molecule has 1 aromatic carbocycles. The topological polar surface area (TPSA) is 115 Å². The molecule has 3 N–H and O–H groups in total. The Hall–Kier alpha value is -2.74. The zero-order valence-electron chi connectivity index (χ0n) is 16.8. The predicted molar refractivity (Wildman–Crippen MR) is 113 cm³/mol. The Balaban J connectivity index is 1.95. The minimum atomic E-state index is -0.621. The Kier molecular flexibility index (Phi) is 5.75. The summed E-state index contributed by atoms with van der Waals surface area (Å²) in [5.74, 6) is -0.726. The van der Waals surface area contributed by atoms with Gasteiger partial charge in [0.25, 0.3) is 17.5 Å². The molecule has 0 saturated carbocycles. The average Bonchev–Trinajstić information content (AvgIpc) is 3.04. The van der Waals surface area contributed by atoms with Gasteiger partial charge in [-0.3, -0.25) is 19.7 Å². The lowest BCUT2D eigenvalue weighted by molar-refractivity contribution is -0.385. The number of primary amides is 1. The van der Waals surface area contributed by atoms with Gasteiger partial charge in [0.1, 0.15) is 10.6 Å². The average molecular weight is 416 g/mol. The normalized spacial score (nSPS) is 16.2. The molecular weight excluding hydrogens is 390 g/mol. The van der Waals surface area contributed by atoms with Crippen LogP contribution in [0.2, 0.25) is 0 Å². The van der Waals surface area contributed by atoms with Gasteiger partial charge in [0, 0.05) is 10.9 Å². The van der Waals surface area contributed by atoms with Crippen molar-refractivity contribution in [3.63, 3.8) is 0 Å². The maximum atomic E-state index is 12.7. The highest BCUT2D eigenvalue weighted by atomic mass is 32.1. The SMILES string of the molecule is CCC(C)(C)[C@H]1CCc2c(sc(NC(=O)c3ccccc3[N+](=O)[O-])c2C(N)=O)C1. The van der Waals surface area contributed by atoms with Crippen molar-refractivity contribution in [2.45, 2.75) is 46.5 Å². The Bertz CT molecular complexity index is 980. The summed E-state index contributed by atoms with van der Waals surface area (Å²) in [5, 5.41) is 14.3. The number of anilines is 1. The number of nitrogens with two attached hydrogens (primary N) is 1. The van der Waals surface area contributed by atoms with Gasteiger partial charge in [-0.1, -0.05) is 39.3 Å². The first-order valence-electron chi connectivity index (χ1n) is 9.64. The maximum Gasteiger partial charge on any atom is 0.282 e. The van der Waals surface area contributed by atoms with Crippen LogP contribution < -0.4 is 11.1 Å². The number of nitrogens with zero attached hydrogens (tertiary/aromatic N) is 1. The number of nitro groups is 1. The third-order valence-corrected chi connectivity index (χ3v) is 7.27. The third kappa shape index (κ3) is 4.03. The van der Waals surface area contributed by atoms with Crippen LogP contribution in [0.1, 0.15) is 64.8 Å². The summed E-state index contributed by atoms with van der Waals surface area (Å²) in [6.45, 7) is 6.68. The van der Waals surface area contributed by atoms with Crippen LogP contribution in [0.25, 0.3) is 0 Å². The molecule has 0 spiro atoms. The van der Waals surface area contributed by atoms with Crippen LogP contribution in [0.3, 0.4) is 0 Å². The molecule has 1 aliphatic carbocycles. The highest BCUT2D eigenvalue weighted by Crippen LogP contribution is 2.45. The number of amides is 2. The third-order valence-electron chi connectivity index (χ3n) is 6.10. The van der Waals surface area contributed by atoms with E-state index in [1.165, 1.54) is 29.5 Å². The number of nitrogens with one attached hydrogen (secondary N) is 1. The number of fused-ring (bicyclic) bond motifs is 1. The van der Waals surface area contributed by atoms with Gasteiger partial charge in [0.15, 0.2) is 0 Å². The quantitative estimate of drug-likeness (QED) is 0.532. The molecule has 0 unspecified atom stereocenters. The van der Waals surface area contributed by atoms with E-state index in [0.717, 1.165) is 36.1 Å². The zero-order chi connectivity index (χ0) is 21.3. The van der Waals surface area contributed by atoms with E-state index >= 15 is 0 Å². The second kappa shape index (κ2) is 7.94. The van der Waals surface area contributed by atoms with Gasteiger partial charge < -0.3 is 11.1 Å². The maximum absolute atomic E-state index is 12.7. The van der Waals surface area contributed by atoms with E-state index in [1.54, 1.807) is 6.07 Å². The molecule has 0 bridgehead atoms. The zero-order valence-corrected chi connectivity index (χ0v) is 17.6. The lowest BCUT2D eigenvalue weighted by Gasteiger charge is -2.36. The van der Waals surface area contributed by atoms with E-state index in [0.29, 0.717) is 16.5 Å². The number of para-hydroxylation sites is 1. The van der Waals surface area contributed by atoms with Crippen molar-refractivity contribution in [2.75, 3.05) is 5.32 Å². The van der Waals surface area contributed by atoms with Gasteiger partial charge in [0.05, 0.1) is 10.5 Å². The van der Waals surface area contributed by atoms with Crippen molar-refractivity contribution in [3.05, 3.63) is 55.9 Å². The Morgan fingerprint density at radius 1 is 1.34 bits per heavy atom. The predicted octanol–water partition coefficient (Wildman–Crippen LogP) is 4.55. The fraction of sp³-hybridized carbons (Fsp3) is 0.429. The van der Waals surface area contributed by atoms with E-state index in [2.05, 4.69) is 26.1 Å². The summed E-state index contributed by atoms with van der Waals surface area (Å²) in [4.78, 5) is 36.6. The molecule has 2 amide bonds. The van der Waals surface area contributed by atoms with Crippen molar-refractivity contribution >= 4 is 33.8 Å². The first kappa shape index (κ1) is 21.0. The van der Waals surface area contributed by atoms with Crippen molar-refractivity contribution in [2.24, 2.45) is 17.1 Å². The number of carbonyl (C=O) groups is 2. The van der Waals surface area contributed by atoms with Crippen LogP contribution in [0, 0.1) is 21.4 Å². The van der Waals surface area contributed by atoms with Crippen LogP contribution in [0.4, 0.5) is 10.7 Å². The van der Waals surface area contributed by atoms with Crippen LogP contribution in [0.15, 0.2) is 24.3 Å².